The Balaban J connectivity index is 1.97. The topological polar surface area (TPSA) is 95.4 Å². The van der Waals surface area contributed by atoms with Crippen LogP contribution in [-0.4, -0.2) is 30.2 Å². The molecule has 0 saturated carbocycles. The molecule has 2 N–H and O–H groups in total. The number of halogens is 1. The normalized spacial score (nSPS) is 10.7. The van der Waals surface area contributed by atoms with E-state index in [1.807, 2.05) is 30.3 Å². The number of nitrogens with two attached hydrogens (primary N) is 1. The molecule has 0 spiro atoms. The zero-order valence-corrected chi connectivity index (χ0v) is 10.8. The molecule has 0 aliphatic carbocycles. The molecule has 0 saturated heterocycles. The summed E-state index contributed by atoms with van der Waals surface area (Å²) in [4.78, 5) is 7.40. The summed E-state index contributed by atoms with van der Waals surface area (Å²) >= 11 is 0.977. The van der Waals surface area contributed by atoms with Crippen LogP contribution in [-0.2, 0) is 0 Å². The van der Waals surface area contributed by atoms with E-state index in [-0.39, 0.29) is 11.0 Å². The van der Waals surface area contributed by atoms with Gasteiger partial charge >= 0.3 is 0 Å². The summed E-state index contributed by atoms with van der Waals surface area (Å²) in [7, 11) is 0. The van der Waals surface area contributed by atoms with Crippen molar-refractivity contribution in [3.63, 3.8) is 0 Å². The van der Waals surface area contributed by atoms with Crippen LogP contribution < -0.4 is 5.73 Å². The molecule has 0 atom stereocenters. The minimum atomic E-state index is -0.577. The van der Waals surface area contributed by atoms with Crippen molar-refractivity contribution in [3.05, 3.63) is 42.3 Å². The third kappa shape index (κ3) is 2.43. The van der Waals surface area contributed by atoms with Crippen molar-refractivity contribution in [1.82, 2.24) is 30.2 Å². The van der Waals surface area contributed by atoms with Crippen molar-refractivity contribution in [3.8, 4) is 5.69 Å². The molecule has 7 nitrogen and oxygen atoms in total. The van der Waals surface area contributed by atoms with Gasteiger partial charge in [-0.25, -0.2) is 14.4 Å². The Labute approximate surface area is 117 Å². The second-order valence-electron chi connectivity index (χ2n) is 3.69. The lowest BCUT2D eigenvalue weighted by Crippen LogP contribution is -2.01. The summed E-state index contributed by atoms with van der Waals surface area (Å²) in [6, 6.07) is 9.27. The first-order valence-corrected chi connectivity index (χ1v) is 6.35. The standard InChI is InChI=1S/C11H8FN7S/c12-8-6-14-10(13)15-9(8)20-11-16-17-18-19(11)7-4-2-1-3-5-7/h1-6H,(H2,13,14,15). The number of aromatic nitrogens is 6. The molecular formula is C11H8FN7S. The maximum absolute atomic E-state index is 13.6. The lowest BCUT2D eigenvalue weighted by atomic mass is 10.3. The van der Waals surface area contributed by atoms with Crippen LogP contribution in [0.2, 0.25) is 0 Å². The first-order chi connectivity index (χ1) is 9.74. The predicted octanol–water partition coefficient (Wildman–Crippen LogP) is 1.32. The van der Waals surface area contributed by atoms with E-state index in [9.17, 15) is 4.39 Å². The molecule has 100 valence electrons. The molecule has 3 rings (SSSR count). The summed E-state index contributed by atoms with van der Waals surface area (Å²) in [6.07, 6.45) is 1.02. The quantitative estimate of drug-likeness (QED) is 0.726. The summed E-state index contributed by atoms with van der Waals surface area (Å²) in [5.41, 5.74) is 6.21. The highest BCUT2D eigenvalue weighted by Crippen LogP contribution is 2.27. The smallest absolute Gasteiger partial charge is 0.221 e. The number of nitrogen functional groups attached to an aromatic ring is 1. The van der Waals surface area contributed by atoms with Gasteiger partial charge < -0.3 is 5.73 Å². The Hall–Kier alpha value is -2.55. The highest BCUT2D eigenvalue weighted by Gasteiger charge is 2.14. The van der Waals surface area contributed by atoms with Gasteiger partial charge in [-0.05, 0) is 34.3 Å². The van der Waals surface area contributed by atoms with Crippen LogP contribution in [0, 0.1) is 5.82 Å². The van der Waals surface area contributed by atoms with Crippen LogP contribution >= 0.6 is 11.8 Å². The number of benzene rings is 1. The molecule has 0 radical (unpaired) electrons. The molecule has 0 amide bonds. The molecule has 0 aliphatic rings. The van der Waals surface area contributed by atoms with Crippen molar-refractivity contribution >= 4 is 17.7 Å². The Kier molecular flexibility index (Phi) is 3.25. The Morgan fingerprint density at radius 2 is 2.00 bits per heavy atom. The van der Waals surface area contributed by atoms with Crippen LogP contribution in [0.5, 0.6) is 0 Å². The Bertz CT molecular complexity index is 731. The van der Waals surface area contributed by atoms with Gasteiger partial charge in [0.05, 0.1) is 11.9 Å². The molecule has 20 heavy (non-hydrogen) atoms. The Morgan fingerprint density at radius 3 is 2.80 bits per heavy atom. The fourth-order valence-corrected chi connectivity index (χ4v) is 2.26. The number of tetrazole rings is 1. The van der Waals surface area contributed by atoms with E-state index in [4.69, 9.17) is 5.73 Å². The van der Waals surface area contributed by atoms with Gasteiger partial charge in [0.25, 0.3) is 0 Å². The fourth-order valence-electron chi connectivity index (χ4n) is 1.50. The average Bonchev–Trinajstić information content (AvgIpc) is 2.92. The van der Waals surface area contributed by atoms with Gasteiger partial charge in [-0.3, -0.25) is 0 Å². The SMILES string of the molecule is Nc1ncc(F)c(Sc2nnnn2-c2ccccc2)n1. The highest BCUT2D eigenvalue weighted by molar-refractivity contribution is 7.99. The number of anilines is 1. The molecule has 2 heterocycles. The third-order valence-corrected chi connectivity index (χ3v) is 3.28. The van der Waals surface area contributed by atoms with Gasteiger partial charge in [-0.15, -0.1) is 5.10 Å². The number of para-hydroxylation sites is 1. The average molecular weight is 289 g/mol. The van der Waals surface area contributed by atoms with E-state index >= 15 is 0 Å². The van der Waals surface area contributed by atoms with Gasteiger partial charge in [0.2, 0.25) is 11.1 Å². The molecule has 1 aromatic carbocycles. The summed E-state index contributed by atoms with van der Waals surface area (Å²) in [5.74, 6) is -0.584. The first kappa shape index (κ1) is 12.5. The minimum Gasteiger partial charge on any atom is -0.368 e. The second-order valence-corrected chi connectivity index (χ2v) is 4.65. The van der Waals surface area contributed by atoms with Crippen molar-refractivity contribution in [1.29, 1.82) is 0 Å². The molecular weight excluding hydrogens is 281 g/mol. The molecule has 9 heteroatoms. The monoisotopic (exact) mass is 289 g/mol. The summed E-state index contributed by atoms with van der Waals surface area (Å²) in [5, 5.41) is 11.8. The van der Waals surface area contributed by atoms with E-state index in [1.165, 1.54) is 4.68 Å². The second kappa shape index (κ2) is 5.21. The van der Waals surface area contributed by atoms with Crippen LogP contribution in [0.25, 0.3) is 5.69 Å². The zero-order valence-electron chi connectivity index (χ0n) is 10.0. The van der Waals surface area contributed by atoms with E-state index in [2.05, 4.69) is 25.5 Å². The molecule has 3 aromatic rings. The zero-order chi connectivity index (χ0) is 13.9. The number of hydrogen-bond donors (Lipinski definition) is 1. The van der Waals surface area contributed by atoms with Crippen molar-refractivity contribution in [2.45, 2.75) is 10.2 Å². The van der Waals surface area contributed by atoms with Crippen LogP contribution in [0.3, 0.4) is 0 Å². The van der Waals surface area contributed by atoms with Crippen molar-refractivity contribution < 1.29 is 4.39 Å². The fraction of sp³-hybridized carbons (Fsp3) is 0. The van der Waals surface area contributed by atoms with E-state index in [1.54, 1.807) is 0 Å². The van der Waals surface area contributed by atoms with Crippen LogP contribution in [0.1, 0.15) is 0 Å². The number of rotatable bonds is 3. The Morgan fingerprint density at radius 1 is 1.20 bits per heavy atom. The largest absolute Gasteiger partial charge is 0.368 e. The predicted molar refractivity (Wildman–Crippen MR) is 69.7 cm³/mol. The van der Waals surface area contributed by atoms with Gasteiger partial charge in [-0.2, -0.15) is 4.68 Å². The van der Waals surface area contributed by atoms with E-state index < -0.39 is 5.82 Å². The number of hydrogen-bond acceptors (Lipinski definition) is 7. The maximum Gasteiger partial charge on any atom is 0.221 e. The summed E-state index contributed by atoms with van der Waals surface area (Å²) in [6.45, 7) is 0. The lowest BCUT2D eigenvalue weighted by Gasteiger charge is -2.04. The molecule has 0 unspecified atom stereocenters. The van der Waals surface area contributed by atoms with Gasteiger partial charge in [0, 0.05) is 0 Å². The maximum atomic E-state index is 13.6. The molecule has 2 aromatic heterocycles. The molecule has 0 fully saturated rings. The van der Waals surface area contributed by atoms with Crippen LogP contribution in [0.4, 0.5) is 10.3 Å². The number of nitrogens with zero attached hydrogens (tertiary/aromatic N) is 6. The van der Waals surface area contributed by atoms with Gasteiger partial charge in [-0.1, -0.05) is 18.2 Å². The van der Waals surface area contributed by atoms with Crippen molar-refractivity contribution in [2.75, 3.05) is 5.73 Å². The molecule has 0 aliphatic heterocycles. The van der Waals surface area contributed by atoms with Gasteiger partial charge in [0.15, 0.2) is 5.82 Å². The first-order valence-electron chi connectivity index (χ1n) is 5.54. The van der Waals surface area contributed by atoms with E-state index in [0.29, 0.717) is 5.16 Å². The summed E-state index contributed by atoms with van der Waals surface area (Å²) < 4.78 is 15.1. The van der Waals surface area contributed by atoms with Crippen molar-refractivity contribution in [2.24, 2.45) is 0 Å². The minimum absolute atomic E-state index is 0.00682. The van der Waals surface area contributed by atoms with E-state index in [0.717, 1.165) is 23.6 Å². The molecule has 0 bridgehead atoms. The lowest BCUT2D eigenvalue weighted by molar-refractivity contribution is 0.580. The third-order valence-electron chi connectivity index (χ3n) is 2.36. The van der Waals surface area contributed by atoms with Crippen LogP contribution in [0.15, 0.2) is 46.7 Å². The van der Waals surface area contributed by atoms with Gasteiger partial charge in [0.1, 0.15) is 5.03 Å². The highest BCUT2D eigenvalue weighted by atomic mass is 32.2.